The zero-order valence-electron chi connectivity index (χ0n) is 11.6. The lowest BCUT2D eigenvalue weighted by molar-refractivity contribution is 0.00129. The fourth-order valence-electron chi connectivity index (χ4n) is 2.70. The number of rotatable bonds is 5. The topological polar surface area (TPSA) is 38.5 Å². The van der Waals surface area contributed by atoms with Gasteiger partial charge in [0.1, 0.15) is 5.82 Å². The Kier molecular flexibility index (Phi) is 4.77. The highest BCUT2D eigenvalue weighted by atomic mass is 19.1. The Morgan fingerprint density at radius 1 is 1.37 bits per heavy atom. The molecule has 1 fully saturated rings. The Hall–Kier alpha value is -1.13. The first kappa shape index (κ1) is 14.3. The van der Waals surface area contributed by atoms with E-state index in [9.17, 15) is 4.39 Å². The fourth-order valence-corrected chi connectivity index (χ4v) is 2.70. The van der Waals surface area contributed by atoms with Gasteiger partial charge in [0.25, 0.3) is 0 Å². The molecule has 0 saturated carbocycles. The van der Waals surface area contributed by atoms with Crippen LogP contribution in [-0.2, 0) is 4.74 Å². The molecule has 0 aliphatic carbocycles. The summed E-state index contributed by atoms with van der Waals surface area (Å²) in [5, 5.41) is 0. The lowest BCUT2D eigenvalue weighted by Gasteiger charge is -2.40. The van der Waals surface area contributed by atoms with Crippen LogP contribution in [0, 0.1) is 11.2 Å². The number of nitrogens with zero attached hydrogens (tertiary/aromatic N) is 1. The van der Waals surface area contributed by atoms with Crippen LogP contribution in [0.25, 0.3) is 0 Å². The third kappa shape index (κ3) is 3.45. The maximum absolute atomic E-state index is 13.0. The van der Waals surface area contributed by atoms with Crippen LogP contribution < -0.4 is 10.6 Å². The van der Waals surface area contributed by atoms with Crippen molar-refractivity contribution in [3.05, 3.63) is 30.1 Å². The molecule has 1 heterocycles. The maximum atomic E-state index is 13.0. The zero-order valence-corrected chi connectivity index (χ0v) is 11.6. The van der Waals surface area contributed by atoms with Gasteiger partial charge in [0.15, 0.2) is 0 Å². The van der Waals surface area contributed by atoms with Crippen LogP contribution in [0.5, 0.6) is 0 Å². The van der Waals surface area contributed by atoms with Crippen molar-refractivity contribution in [1.29, 1.82) is 0 Å². The minimum absolute atomic E-state index is 0.0304. The van der Waals surface area contributed by atoms with E-state index < -0.39 is 0 Å². The highest BCUT2D eigenvalue weighted by Gasteiger charge is 2.33. The van der Waals surface area contributed by atoms with Gasteiger partial charge < -0.3 is 15.4 Å². The second-order valence-electron chi connectivity index (χ2n) is 5.35. The molecule has 1 aliphatic heterocycles. The van der Waals surface area contributed by atoms with Gasteiger partial charge in [-0.1, -0.05) is 0 Å². The first-order valence-corrected chi connectivity index (χ1v) is 6.97. The maximum Gasteiger partial charge on any atom is 0.123 e. The van der Waals surface area contributed by atoms with Crippen molar-refractivity contribution in [3.63, 3.8) is 0 Å². The number of ether oxygens (including phenoxy) is 1. The number of hydrogen-bond acceptors (Lipinski definition) is 3. The summed E-state index contributed by atoms with van der Waals surface area (Å²) in [6.07, 6.45) is 2.17. The molecule has 2 rings (SSSR count). The minimum Gasteiger partial charge on any atom is -0.381 e. The minimum atomic E-state index is -0.200. The molecule has 1 aromatic carbocycles. The molecule has 2 N–H and O–H groups in total. The SMILES string of the molecule is CCN(CC1(CN)CCCOC1)c1ccc(F)cc1. The van der Waals surface area contributed by atoms with Crippen LogP contribution in [0.4, 0.5) is 10.1 Å². The third-order valence-corrected chi connectivity index (χ3v) is 3.94. The van der Waals surface area contributed by atoms with Gasteiger partial charge >= 0.3 is 0 Å². The molecule has 19 heavy (non-hydrogen) atoms. The van der Waals surface area contributed by atoms with Crippen molar-refractivity contribution >= 4 is 5.69 Å². The molecule has 1 unspecified atom stereocenters. The van der Waals surface area contributed by atoms with E-state index in [1.165, 1.54) is 12.1 Å². The van der Waals surface area contributed by atoms with Crippen molar-refractivity contribution in [1.82, 2.24) is 0 Å². The molecule has 0 amide bonds. The molecule has 1 aliphatic rings. The third-order valence-electron chi connectivity index (χ3n) is 3.94. The van der Waals surface area contributed by atoms with E-state index in [0.717, 1.165) is 44.8 Å². The molecule has 0 bridgehead atoms. The largest absolute Gasteiger partial charge is 0.381 e. The molecule has 1 aromatic rings. The van der Waals surface area contributed by atoms with Crippen LogP contribution in [0.3, 0.4) is 0 Å². The molecule has 4 heteroatoms. The highest BCUT2D eigenvalue weighted by molar-refractivity contribution is 5.46. The summed E-state index contributed by atoms with van der Waals surface area (Å²) < 4.78 is 18.6. The van der Waals surface area contributed by atoms with E-state index in [1.807, 2.05) is 12.1 Å². The Bertz CT molecular complexity index is 388. The smallest absolute Gasteiger partial charge is 0.123 e. The van der Waals surface area contributed by atoms with Crippen molar-refractivity contribution < 1.29 is 9.13 Å². The number of nitrogens with two attached hydrogens (primary N) is 1. The summed E-state index contributed by atoms with van der Waals surface area (Å²) in [5.74, 6) is -0.200. The Morgan fingerprint density at radius 3 is 2.63 bits per heavy atom. The molecule has 1 saturated heterocycles. The van der Waals surface area contributed by atoms with Gasteiger partial charge in [0.2, 0.25) is 0 Å². The summed E-state index contributed by atoms with van der Waals surface area (Å²) in [5.41, 5.74) is 7.05. The second-order valence-corrected chi connectivity index (χ2v) is 5.35. The molecule has 0 aromatic heterocycles. The predicted octanol–water partition coefficient (Wildman–Crippen LogP) is 2.41. The summed E-state index contributed by atoms with van der Waals surface area (Å²) >= 11 is 0. The summed E-state index contributed by atoms with van der Waals surface area (Å²) in [6.45, 7) is 6.05. The normalized spacial score (nSPS) is 23.3. The molecule has 106 valence electrons. The average molecular weight is 266 g/mol. The van der Waals surface area contributed by atoms with E-state index in [0.29, 0.717) is 6.54 Å². The van der Waals surface area contributed by atoms with Gasteiger partial charge in [0.05, 0.1) is 6.61 Å². The van der Waals surface area contributed by atoms with E-state index in [2.05, 4.69) is 11.8 Å². The van der Waals surface area contributed by atoms with Gasteiger partial charge in [-0.05, 0) is 44.0 Å². The van der Waals surface area contributed by atoms with Gasteiger partial charge in [-0.3, -0.25) is 0 Å². The predicted molar refractivity (Wildman–Crippen MR) is 75.8 cm³/mol. The standard InChI is InChI=1S/C15H23FN2O/c1-2-18(14-6-4-13(16)5-7-14)11-15(10-17)8-3-9-19-12-15/h4-7H,2-3,8-12,17H2,1H3. The first-order valence-electron chi connectivity index (χ1n) is 6.97. The second kappa shape index (κ2) is 6.35. The molecule has 3 nitrogen and oxygen atoms in total. The summed E-state index contributed by atoms with van der Waals surface area (Å²) in [6, 6.07) is 6.66. The monoisotopic (exact) mass is 266 g/mol. The van der Waals surface area contributed by atoms with Gasteiger partial charge in [-0.15, -0.1) is 0 Å². The Balaban J connectivity index is 2.11. The van der Waals surface area contributed by atoms with E-state index in [4.69, 9.17) is 10.5 Å². The number of anilines is 1. The van der Waals surface area contributed by atoms with E-state index in [1.54, 1.807) is 0 Å². The zero-order chi connectivity index (χ0) is 13.7. The van der Waals surface area contributed by atoms with Gasteiger partial charge in [-0.25, -0.2) is 4.39 Å². The van der Waals surface area contributed by atoms with Crippen molar-refractivity contribution in [2.24, 2.45) is 11.1 Å². The van der Waals surface area contributed by atoms with E-state index in [-0.39, 0.29) is 11.2 Å². The lowest BCUT2D eigenvalue weighted by atomic mass is 9.82. The summed E-state index contributed by atoms with van der Waals surface area (Å²) in [4.78, 5) is 2.25. The van der Waals surface area contributed by atoms with Crippen LogP contribution in [0.15, 0.2) is 24.3 Å². The van der Waals surface area contributed by atoms with Crippen LogP contribution in [0.1, 0.15) is 19.8 Å². The quantitative estimate of drug-likeness (QED) is 0.889. The number of halogens is 1. The van der Waals surface area contributed by atoms with Gasteiger partial charge in [-0.2, -0.15) is 0 Å². The molecule has 0 radical (unpaired) electrons. The van der Waals surface area contributed by atoms with Crippen molar-refractivity contribution in [2.75, 3.05) is 37.7 Å². The first-order chi connectivity index (χ1) is 9.19. The average Bonchev–Trinajstić information content (AvgIpc) is 2.47. The number of hydrogen-bond donors (Lipinski definition) is 1. The lowest BCUT2D eigenvalue weighted by Crippen LogP contribution is -2.48. The Labute approximate surface area is 114 Å². The molecular formula is C15H23FN2O. The molecule has 1 atom stereocenters. The fraction of sp³-hybridized carbons (Fsp3) is 0.600. The highest BCUT2D eigenvalue weighted by Crippen LogP contribution is 2.30. The van der Waals surface area contributed by atoms with Gasteiger partial charge in [0, 0.05) is 37.3 Å². The summed E-state index contributed by atoms with van der Waals surface area (Å²) in [7, 11) is 0. The van der Waals surface area contributed by atoms with E-state index >= 15 is 0 Å². The van der Waals surface area contributed by atoms with Crippen molar-refractivity contribution in [3.8, 4) is 0 Å². The molecular weight excluding hydrogens is 243 g/mol. The van der Waals surface area contributed by atoms with Crippen LogP contribution >= 0.6 is 0 Å². The molecule has 0 spiro atoms. The Morgan fingerprint density at radius 2 is 2.11 bits per heavy atom. The number of benzene rings is 1. The van der Waals surface area contributed by atoms with Crippen LogP contribution in [0.2, 0.25) is 0 Å². The van der Waals surface area contributed by atoms with Crippen LogP contribution in [-0.4, -0.2) is 32.8 Å². The van der Waals surface area contributed by atoms with Crippen molar-refractivity contribution in [2.45, 2.75) is 19.8 Å².